The summed E-state index contributed by atoms with van der Waals surface area (Å²) in [5.74, 6) is -2.80. The summed E-state index contributed by atoms with van der Waals surface area (Å²) in [7, 11) is -4.59. The average Bonchev–Trinajstić information content (AvgIpc) is 3.01. The van der Waals surface area contributed by atoms with Gasteiger partial charge in [-0.05, 0) is 56.1 Å². The predicted octanol–water partition coefficient (Wildman–Crippen LogP) is -1.95. The number of fused-ring (bicyclic) bond motifs is 5. The quantitative estimate of drug-likeness (QED) is 0.232. The van der Waals surface area contributed by atoms with E-state index in [0.717, 1.165) is 12.0 Å². The number of Topliss-reactive ketones (excluding diaryl/α,β-unsaturated/α-hetero) is 1. The summed E-state index contributed by atoms with van der Waals surface area (Å²) in [5.41, 5.74) is -2.18. The van der Waals surface area contributed by atoms with Gasteiger partial charge in [0.2, 0.25) is 5.78 Å². The molecular weight excluding hydrogens is 487 g/mol. The van der Waals surface area contributed by atoms with Crippen LogP contribution in [-0.4, -0.2) is 64.8 Å². The zero-order valence-electron chi connectivity index (χ0n) is 20.4. The summed E-state index contributed by atoms with van der Waals surface area (Å²) in [6.45, 7) is 3.12. The van der Waals surface area contributed by atoms with E-state index in [1.807, 2.05) is 19.9 Å². The van der Waals surface area contributed by atoms with Gasteiger partial charge in [0.1, 0.15) is 5.60 Å². The Labute approximate surface area is 227 Å². The molecule has 11 heteroatoms. The van der Waals surface area contributed by atoms with Crippen molar-refractivity contribution in [1.29, 1.82) is 0 Å². The van der Waals surface area contributed by atoms with Crippen molar-refractivity contribution >= 4 is 27.7 Å². The third-order valence-electron chi connectivity index (χ3n) is 9.03. The van der Waals surface area contributed by atoms with Crippen molar-refractivity contribution in [2.75, 3.05) is 12.4 Å². The van der Waals surface area contributed by atoms with E-state index in [1.54, 1.807) is 12.2 Å². The molecule has 0 aliphatic heterocycles. The van der Waals surface area contributed by atoms with Crippen LogP contribution in [0.5, 0.6) is 0 Å². The predicted molar refractivity (Wildman–Crippen MR) is 118 cm³/mol. The van der Waals surface area contributed by atoms with Crippen LogP contribution in [0.4, 0.5) is 0 Å². The summed E-state index contributed by atoms with van der Waals surface area (Å²) in [6.07, 6.45) is 6.02. The second-order valence-corrected chi connectivity index (χ2v) is 12.2. The van der Waals surface area contributed by atoms with Gasteiger partial charge >= 0.3 is 35.5 Å². The first-order valence-electron chi connectivity index (χ1n) is 11.7. The number of aliphatic hydroxyl groups is 2. The third-order valence-corrected chi connectivity index (χ3v) is 9.73. The summed E-state index contributed by atoms with van der Waals surface area (Å²) in [6, 6.07) is 0. The molecule has 35 heavy (non-hydrogen) atoms. The second-order valence-electron chi connectivity index (χ2n) is 10.7. The number of rotatable bonds is 6. The normalized spacial score (nSPS) is 40.0. The van der Waals surface area contributed by atoms with Gasteiger partial charge in [-0.25, -0.2) is 8.42 Å². The van der Waals surface area contributed by atoms with Gasteiger partial charge in [-0.2, -0.15) is 0 Å². The molecule has 9 nitrogen and oxygen atoms in total. The van der Waals surface area contributed by atoms with Crippen LogP contribution >= 0.6 is 0 Å². The Morgan fingerprint density at radius 3 is 2.60 bits per heavy atom. The first-order valence-corrected chi connectivity index (χ1v) is 13.3. The number of aliphatic hydroxyl groups excluding tert-OH is 1. The zero-order chi connectivity index (χ0) is 25.1. The van der Waals surface area contributed by atoms with Crippen LogP contribution in [0.25, 0.3) is 0 Å². The molecule has 7 atom stereocenters. The number of allylic oxidation sites excluding steroid dienone is 4. The van der Waals surface area contributed by atoms with E-state index in [0.29, 0.717) is 12.8 Å². The van der Waals surface area contributed by atoms with E-state index in [4.69, 9.17) is 4.74 Å². The molecule has 0 aromatic heterocycles. The Morgan fingerprint density at radius 2 is 1.94 bits per heavy atom. The number of carbonyl (C=O) groups is 3. The summed E-state index contributed by atoms with van der Waals surface area (Å²) < 4.78 is 36.9. The molecular formula is C24H31NaO9S. The molecule has 0 heterocycles. The molecule has 3 unspecified atom stereocenters. The Morgan fingerprint density at radius 1 is 1.26 bits per heavy atom. The maximum absolute atomic E-state index is 13.1. The number of ether oxygens (including phenoxy) is 1. The summed E-state index contributed by atoms with van der Waals surface area (Å²) in [5, 5.41) is 22.9. The molecule has 0 saturated heterocycles. The second kappa shape index (κ2) is 9.78. The first kappa shape index (κ1) is 28.7. The van der Waals surface area contributed by atoms with Gasteiger partial charge in [0.25, 0.3) is 0 Å². The average molecular weight is 519 g/mol. The van der Waals surface area contributed by atoms with Crippen molar-refractivity contribution < 1.29 is 71.9 Å². The molecule has 4 aliphatic carbocycles. The monoisotopic (exact) mass is 518 g/mol. The van der Waals surface area contributed by atoms with Crippen LogP contribution in [0.1, 0.15) is 52.4 Å². The molecule has 2 N–H and O–H groups in total. The molecule has 0 aromatic rings. The van der Waals surface area contributed by atoms with Crippen LogP contribution in [0, 0.1) is 28.6 Å². The van der Waals surface area contributed by atoms with Gasteiger partial charge in [0.05, 0.1) is 22.6 Å². The van der Waals surface area contributed by atoms with Crippen molar-refractivity contribution in [3.8, 4) is 0 Å². The van der Waals surface area contributed by atoms with E-state index in [1.165, 1.54) is 0 Å². The molecule has 4 rings (SSSR count). The van der Waals surface area contributed by atoms with Gasteiger partial charge in [0, 0.05) is 22.5 Å². The van der Waals surface area contributed by atoms with Gasteiger partial charge in [-0.1, -0.05) is 25.5 Å². The van der Waals surface area contributed by atoms with Crippen molar-refractivity contribution in [2.24, 2.45) is 28.6 Å². The Hall–Kier alpha value is -0.880. The maximum atomic E-state index is 13.1. The number of carbonyl (C=O) groups excluding carboxylic acids is 3. The van der Waals surface area contributed by atoms with Crippen molar-refractivity contribution in [2.45, 2.75) is 64.1 Å². The van der Waals surface area contributed by atoms with E-state index in [-0.39, 0.29) is 65.9 Å². The van der Waals surface area contributed by atoms with Crippen molar-refractivity contribution in [3.05, 3.63) is 23.8 Å². The standard InChI is InChI=1S/C24H32O9S.Na/c1-22-8-5-15(25)11-14(22)3-4-16-17-6-9-24(29,23(17,2)12-18(26)21(16)22)19(27)13-33-20(28)7-10-34(30,31)32;/h5,8,11,16-18,21,26,29H,3-4,6-7,9-10,12-13H2,1-2H3,(H,30,31,32);/q;+1/p-1/t16?,17?,18-,21?,22-,23-,24-;/m0./s1. The Kier molecular flexibility index (Phi) is 8.01. The zero-order valence-corrected chi connectivity index (χ0v) is 23.2. The largest absolute Gasteiger partial charge is 1.00 e. The van der Waals surface area contributed by atoms with Crippen molar-refractivity contribution in [1.82, 2.24) is 0 Å². The molecule has 0 aromatic carbocycles. The maximum Gasteiger partial charge on any atom is 1.00 e. The van der Waals surface area contributed by atoms with E-state index in [9.17, 15) is 37.6 Å². The minimum atomic E-state index is -4.59. The smallest absolute Gasteiger partial charge is 0.748 e. The first-order chi connectivity index (χ1) is 15.7. The fourth-order valence-electron chi connectivity index (χ4n) is 7.33. The van der Waals surface area contributed by atoms with Crippen LogP contribution in [0.3, 0.4) is 0 Å². The molecule has 0 bridgehead atoms. The third kappa shape index (κ3) is 4.87. The van der Waals surface area contributed by atoms with E-state index >= 15 is 0 Å². The molecule has 4 aliphatic rings. The van der Waals surface area contributed by atoms with Gasteiger partial charge in [-0.3, -0.25) is 14.4 Å². The Bertz CT molecular complexity index is 1080. The van der Waals surface area contributed by atoms with Gasteiger partial charge in [-0.15, -0.1) is 0 Å². The van der Waals surface area contributed by atoms with Crippen LogP contribution in [0.2, 0.25) is 0 Å². The summed E-state index contributed by atoms with van der Waals surface area (Å²) in [4.78, 5) is 36.8. The van der Waals surface area contributed by atoms with E-state index in [2.05, 4.69) is 0 Å². The number of hydrogen-bond donors (Lipinski definition) is 2. The van der Waals surface area contributed by atoms with Crippen molar-refractivity contribution in [3.63, 3.8) is 0 Å². The molecule has 3 saturated carbocycles. The number of ketones is 2. The van der Waals surface area contributed by atoms with Gasteiger partial charge < -0.3 is 19.5 Å². The van der Waals surface area contributed by atoms with Gasteiger partial charge in [0.15, 0.2) is 12.4 Å². The minimum Gasteiger partial charge on any atom is -0.748 e. The number of esters is 1. The number of hydrogen-bond acceptors (Lipinski definition) is 9. The molecule has 3 fully saturated rings. The van der Waals surface area contributed by atoms with Crippen LogP contribution < -0.4 is 29.6 Å². The SMILES string of the molecule is C[C@]12C=CC(=O)C=C1CCC1C2[C@@H](O)C[C@@]2(C)C1CC[C@]2(O)C(=O)COC(=O)CCS(=O)(=O)[O-].[Na+]. The fraction of sp³-hybridized carbons (Fsp3) is 0.708. The topological polar surface area (TPSA) is 158 Å². The molecule has 0 spiro atoms. The fourth-order valence-corrected chi connectivity index (χ4v) is 7.75. The van der Waals surface area contributed by atoms with E-state index < -0.39 is 63.2 Å². The summed E-state index contributed by atoms with van der Waals surface area (Å²) >= 11 is 0. The van der Waals surface area contributed by atoms with Crippen LogP contribution in [0.15, 0.2) is 23.8 Å². The molecule has 0 amide bonds. The minimum absolute atomic E-state index is 0. The van der Waals surface area contributed by atoms with Crippen LogP contribution in [-0.2, 0) is 29.2 Å². The molecule has 188 valence electrons. The Balaban J connectivity index is 0.00000342. The molecule has 0 radical (unpaired) electrons.